The van der Waals surface area contributed by atoms with Crippen molar-refractivity contribution in [2.45, 2.75) is 39.2 Å². The molecule has 0 aromatic carbocycles. The lowest BCUT2D eigenvalue weighted by molar-refractivity contribution is 0.302. The highest BCUT2D eigenvalue weighted by Gasteiger charge is 2.25. The summed E-state index contributed by atoms with van der Waals surface area (Å²) in [7, 11) is 2.18. The van der Waals surface area contributed by atoms with Crippen LogP contribution in [0.5, 0.6) is 0 Å². The van der Waals surface area contributed by atoms with E-state index in [4.69, 9.17) is 10.9 Å². The highest BCUT2D eigenvalue weighted by atomic mass is 16.4. The maximum absolute atomic E-state index is 8.65. The van der Waals surface area contributed by atoms with Gasteiger partial charge in [0.15, 0.2) is 0 Å². The zero-order valence-electron chi connectivity index (χ0n) is 11.2. The fraction of sp³-hybridized carbons (Fsp3) is 0.917. The quantitative estimate of drug-likeness (QED) is 0.194. The molecule has 0 saturated heterocycles. The summed E-state index contributed by atoms with van der Waals surface area (Å²) in [5.41, 5.74) is 5.38. The summed E-state index contributed by atoms with van der Waals surface area (Å²) in [6.45, 7) is 6.95. The van der Waals surface area contributed by atoms with E-state index < -0.39 is 0 Å². The predicted octanol–water partition coefficient (Wildman–Crippen LogP) is 0.833. The van der Waals surface area contributed by atoms with E-state index in [1.807, 2.05) is 13.8 Å². The van der Waals surface area contributed by atoms with Crippen molar-refractivity contribution in [3.05, 3.63) is 0 Å². The van der Waals surface area contributed by atoms with Crippen LogP contribution in [0, 0.1) is 5.41 Å². The summed E-state index contributed by atoms with van der Waals surface area (Å²) < 4.78 is 0. The van der Waals surface area contributed by atoms with Crippen LogP contribution >= 0.6 is 0 Å². The van der Waals surface area contributed by atoms with Crippen molar-refractivity contribution >= 4 is 5.84 Å². The number of nitrogens with two attached hydrogens (primary N) is 1. The standard InChI is InChI=1S/C12H26N4O/c1-12(2,11(13)15-17)6-7-14-8-9-16(3)10-4-5-10/h10,14,17H,4-9H2,1-3H3,(H2,13,15). The smallest absolute Gasteiger partial charge is 0.144 e. The van der Waals surface area contributed by atoms with Crippen molar-refractivity contribution in [1.29, 1.82) is 0 Å². The van der Waals surface area contributed by atoms with E-state index in [0.29, 0.717) is 5.84 Å². The lowest BCUT2D eigenvalue weighted by Gasteiger charge is -2.23. The van der Waals surface area contributed by atoms with E-state index in [9.17, 15) is 0 Å². The molecule has 5 nitrogen and oxygen atoms in total. The third-order valence-corrected chi connectivity index (χ3v) is 3.54. The average Bonchev–Trinajstić information content (AvgIpc) is 3.10. The maximum Gasteiger partial charge on any atom is 0.144 e. The zero-order valence-corrected chi connectivity index (χ0v) is 11.2. The molecule has 1 aliphatic rings. The van der Waals surface area contributed by atoms with Gasteiger partial charge in [-0.1, -0.05) is 19.0 Å². The molecule has 1 aliphatic carbocycles. The molecule has 5 heteroatoms. The Hall–Kier alpha value is -0.810. The molecule has 0 heterocycles. The molecule has 0 amide bonds. The van der Waals surface area contributed by atoms with Crippen LogP contribution in [0.1, 0.15) is 33.1 Å². The first kappa shape index (κ1) is 14.3. The molecule has 1 fully saturated rings. The van der Waals surface area contributed by atoms with E-state index in [1.54, 1.807) is 0 Å². The first-order chi connectivity index (χ1) is 7.97. The number of nitrogens with zero attached hydrogens (tertiary/aromatic N) is 2. The van der Waals surface area contributed by atoms with Crippen LogP contribution in [0.25, 0.3) is 0 Å². The van der Waals surface area contributed by atoms with Gasteiger partial charge in [-0.2, -0.15) is 0 Å². The largest absolute Gasteiger partial charge is 0.409 e. The third kappa shape index (κ3) is 4.91. The monoisotopic (exact) mass is 242 g/mol. The van der Waals surface area contributed by atoms with E-state index in [2.05, 4.69) is 22.4 Å². The zero-order chi connectivity index (χ0) is 12.9. The van der Waals surface area contributed by atoms with Gasteiger partial charge >= 0.3 is 0 Å². The summed E-state index contributed by atoms with van der Waals surface area (Å²) in [6, 6.07) is 0.824. The van der Waals surface area contributed by atoms with Gasteiger partial charge in [0, 0.05) is 24.5 Å². The number of rotatable bonds is 8. The Kier molecular flexibility index (Phi) is 5.21. The highest BCUT2D eigenvalue weighted by molar-refractivity contribution is 5.85. The van der Waals surface area contributed by atoms with Crippen molar-refractivity contribution in [2.24, 2.45) is 16.3 Å². The Bertz CT molecular complexity index is 261. The minimum Gasteiger partial charge on any atom is -0.409 e. The summed E-state index contributed by atoms with van der Waals surface area (Å²) in [6.07, 6.45) is 3.58. The molecule has 1 saturated carbocycles. The molecule has 0 radical (unpaired) electrons. The molecule has 1 rings (SSSR count). The molecule has 4 N–H and O–H groups in total. The Labute approximate surface area is 104 Å². The van der Waals surface area contributed by atoms with Crippen LogP contribution in [-0.4, -0.2) is 48.7 Å². The Morgan fingerprint density at radius 3 is 2.65 bits per heavy atom. The van der Waals surface area contributed by atoms with Gasteiger partial charge < -0.3 is 21.2 Å². The molecule has 0 bridgehead atoms. The minimum absolute atomic E-state index is 0.246. The molecule has 100 valence electrons. The molecular weight excluding hydrogens is 216 g/mol. The molecule has 0 unspecified atom stereocenters. The molecule has 0 aromatic rings. The van der Waals surface area contributed by atoms with Gasteiger partial charge in [0.25, 0.3) is 0 Å². The molecular formula is C12H26N4O. The summed E-state index contributed by atoms with van der Waals surface area (Å²) in [5.74, 6) is 0.300. The van der Waals surface area contributed by atoms with Crippen molar-refractivity contribution in [3.8, 4) is 0 Å². The highest BCUT2D eigenvalue weighted by Crippen LogP contribution is 2.24. The summed E-state index contributed by atoms with van der Waals surface area (Å²) in [4.78, 5) is 2.40. The van der Waals surface area contributed by atoms with Crippen LogP contribution in [0.4, 0.5) is 0 Å². The lowest BCUT2D eigenvalue weighted by Crippen LogP contribution is -2.36. The fourth-order valence-electron chi connectivity index (χ4n) is 1.74. The second-order valence-corrected chi connectivity index (χ2v) is 5.58. The summed E-state index contributed by atoms with van der Waals surface area (Å²) in [5, 5.41) is 15.1. The Balaban J connectivity index is 2.06. The van der Waals surface area contributed by atoms with Crippen molar-refractivity contribution < 1.29 is 5.21 Å². The van der Waals surface area contributed by atoms with Crippen LogP contribution in [0.2, 0.25) is 0 Å². The first-order valence-electron chi connectivity index (χ1n) is 6.36. The van der Waals surface area contributed by atoms with Crippen LogP contribution < -0.4 is 11.1 Å². The van der Waals surface area contributed by atoms with Gasteiger partial charge in [-0.05, 0) is 32.9 Å². The number of oxime groups is 1. The van der Waals surface area contributed by atoms with Gasteiger partial charge in [-0.3, -0.25) is 0 Å². The molecule has 0 aliphatic heterocycles. The van der Waals surface area contributed by atoms with E-state index in [1.165, 1.54) is 12.8 Å². The van der Waals surface area contributed by atoms with Crippen LogP contribution in [-0.2, 0) is 0 Å². The minimum atomic E-state index is -0.246. The van der Waals surface area contributed by atoms with Crippen molar-refractivity contribution in [3.63, 3.8) is 0 Å². The van der Waals surface area contributed by atoms with Crippen molar-refractivity contribution in [1.82, 2.24) is 10.2 Å². The molecule has 0 aromatic heterocycles. The first-order valence-corrected chi connectivity index (χ1v) is 6.36. The third-order valence-electron chi connectivity index (χ3n) is 3.54. The SMILES string of the molecule is CN(CCNCCC(C)(C)C(N)=NO)C1CC1. The lowest BCUT2D eigenvalue weighted by atomic mass is 9.88. The summed E-state index contributed by atoms with van der Waals surface area (Å²) >= 11 is 0. The molecule has 17 heavy (non-hydrogen) atoms. The van der Waals surface area contributed by atoms with Crippen LogP contribution in [0.15, 0.2) is 5.16 Å². The second kappa shape index (κ2) is 6.21. The number of likely N-dealkylation sites (N-methyl/N-ethyl adjacent to an activating group) is 1. The Morgan fingerprint density at radius 1 is 1.47 bits per heavy atom. The predicted molar refractivity (Wildman–Crippen MR) is 70.3 cm³/mol. The normalized spacial score (nSPS) is 17.8. The van der Waals surface area contributed by atoms with Gasteiger partial charge in [0.1, 0.15) is 5.84 Å². The second-order valence-electron chi connectivity index (χ2n) is 5.58. The van der Waals surface area contributed by atoms with Gasteiger partial charge in [0.05, 0.1) is 0 Å². The van der Waals surface area contributed by atoms with E-state index in [-0.39, 0.29) is 5.41 Å². The molecule has 0 atom stereocenters. The van der Waals surface area contributed by atoms with Gasteiger partial charge in [-0.25, -0.2) is 0 Å². The average molecular weight is 242 g/mol. The fourth-order valence-corrected chi connectivity index (χ4v) is 1.74. The van der Waals surface area contributed by atoms with Gasteiger partial charge in [0.2, 0.25) is 0 Å². The number of nitrogens with one attached hydrogen (secondary N) is 1. The van der Waals surface area contributed by atoms with Crippen molar-refractivity contribution in [2.75, 3.05) is 26.7 Å². The number of hydrogen-bond donors (Lipinski definition) is 3. The van der Waals surface area contributed by atoms with E-state index >= 15 is 0 Å². The van der Waals surface area contributed by atoms with E-state index in [0.717, 1.165) is 32.1 Å². The van der Waals surface area contributed by atoms with Gasteiger partial charge in [-0.15, -0.1) is 0 Å². The number of hydrogen-bond acceptors (Lipinski definition) is 4. The molecule has 0 spiro atoms. The van der Waals surface area contributed by atoms with Crippen LogP contribution in [0.3, 0.4) is 0 Å². The topological polar surface area (TPSA) is 73.9 Å². The Morgan fingerprint density at radius 2 is 2.12 bits per heavy atom. The number of amidine groups is 1. The maximum atomic E-state index is 8.65.